The van der Waals surface area contributed by atoms with Crippen LogP contribution in [0, 0.1) is 0 Å². The van der Waals surface area contributed by atoms with E-state index in [-0.39, 0.29) is 10.6 Å². The third-order valence-corrected chi connectivity index (χ3v) is 4.34. The molecule has 1 nitrogen and oxygen atoms in total. The summed E-state index contributed by atoms with van der Waals surface area (Å²) in [4.78, 5) is 13.0. The Bertz CT molecular complexity index is 352. The number of carbonyl (C=O) groups excluding carboxylic acids is 1. The van der Waals surface area contributed by atoms with E-state index in [2.05, 4.69) is 28.6 Å². The van der Waals surface area contributed by atoms with Gasteiger partial charge in [0, 0.05) is 9.79 Å². The van der Waals surface area contributed by atoms with Gasteiger partial charge in [-0.2, -0.15) is 0 Å². The summed E-state index contributed by atoms with van der Waals surface area (Å²) in [5.74, 6) is 0.106. The summed E-state index contributed by atoms with van der Waals surface area (Å²) in [5, 5.41) is 0. The predicted molar refractivity (Wildman–Crippen MR) is 67.8 cm³/mol. The van der Waals surface area contributed by atoms with E-state index in [1.54, 1.807) is 18.7 Å². The maximum absolute atomic E-state index is 11.1. The topological polar surface area (TPSA) is 17.1 Å². The highest BCUT2D eigenvalue weighted by molar-refractivity contribution is 9.09. The fourth-order valence-electron chi connectivity index (χ4n) is 1.10. The van der Waals surface area contributed by atoms with E-state index in [0.717, 1.165) is 15.4 Å². The summed E-state index contributed by atoms with van der Waals surface area (Å²) in [6.45, 7) is 1.57. The van der Waals surface area contributed by atoms with Crippen molar-refractivity contribution in [2.24, 2.45) is 0 Å². The number of hydrogen-bond donors (Lipinski definition) is 1. The summed E-state index contributed by atoms with van der Waals surface area (Å²) in [6.07, 6.45) is 2.01. The van der Waals surface area contributed by atoms with Crippen molar-refractivity contribution in [1.29, 1.82) is 0 Å². The normalized spacial score (nSPS) is 12.6. The van der Waals surface area contributed by atoms with Crippen LogP contribution in [0.2, 0.25) is 0 Å². The first-order valence-corrected chi connectivity index (χ1v) is 6.66. The van der Waals surface area contributed by atoms with Crippen LogP contribution in [0.5, 0.6) is 0 Å². The van der Waals surface area contributed by atoms with E-state index < -0.39 is 0 Å². The molecule has 1 aromatic carbocycles. The van der Waals surface area contributed by atoms with Crippen LogP contribution in [-0.2, 0) is 4.79 Å². The molecule has 14 heavy (non-hydrogen) atoms. The highest BCUT2D eigenvalue weighted by Crippen LogP contribution is 2.30. The number of Topliss-reactive ketones (excluding diaryl/α,β-unsaturated/α-hetero) is 1. The fourth-order valence-corrected chi connectivity index (χ4v) is 2.35. The van der Waals surface area contributed by atoms with Gasteiger partial charge in [-0.15, -0.1) is 24.4 Å². The zero-order valence-corrected chi connectivity index (χ0v) is 11.2. The first kappa shape index (κ1) is 12.1. The van der Waals surface area contributed by atoms with Gasteiger partial charge in [0.25, 0.3) is 0 Å². The van der Waals surface area contributed by atoms with Crippen LogP contribution >= 0.6 is 40.3 Å². The van der Waals surface area contributed by atoms with Gasteiger partial charge in [0.1, 0.15) is 5.78 Å². The summed E-state index contributed by atoms with van der Waals surface area (Å²) < 4.78 is 0. The molecule has 0 aliphatic rings. The first-order valence-electron chi connectivity index (χ1n) is 4.07. The van der Waals surface area contributed by atoms with Gasteiger partial charge < -0.3 is 0 Å². The van der Waals surface area contributed by atoms with Gasteiger partial charge in [-0.05, 0) is 30.9 Å². The smallest absolute Gasteiger partial charge is 0.147 e. The van der Waals surface area contributed by atoms with E-state index in [1.165, 1.54) is 0 Å². The SMILES string of the molecule is CSc1ccc(C(Br)C(C)=O)cc1S. The Labute approximate surface area is 102 Å². The number of ketones is 1. The van der Waals surface area contributed by atoms with Crippen molar-refractivity contribution in [3.8, 4) is 0 Å². The van der Waals surface area contributed by atoms with Crippen molar-refractivity contribution in [1.82, 2.24) is 0 Å². The summed E-state index contributed by atoms with van der Waals surface area (Å²) in [7, 11) is 0. The summed E-state index contributed by atoms with van der Waals surface area (Å²) in [5.41, 5.74) is 0.959. The summed E-state index contributed by atoms with van der Waals surface area (Å²) >= 11 is 9.35. The average molecular weight is 291 g/mol. The molecule has 0 aromatic heterocycles. The molecule has 4 heteroatoms. The molecule has 0 aliphatic carbocycles. The third-order valence-electron chi connectivity index (χ3n) is 1.85. The molecule has 0 N–H and O–H groups in total. The largest absolute Gasteiger partial charge is 0.298 e. The highest BCUT2D eigenvalue weighted by Gasteiger charge is 2.13. The van der Waals surface area contributed by atoms with Gasteiger partial charge >= 0.3 is 0 Å². The number of alkyl halides is 1. The van der Waals surface area contributed by atoms with Gasteiger partial charge in [-0.3, -0.25) is 4.79 Å². The molecule has 0 amide bonds. The Morgan fingerprint density at radius 3 is 2.64 bits per heavy atom. The maximum atomic E-state index is 11.1. The number of rotatable bonds is 3. The van der Waals surface area contributed by atoms with Crippen molar-refractivity contribution in [2.45, 2.75) is 21.5 Å². The van der Waals surface area contributed by atoms with Crippen LogP contribution in [0.1, 0.15) is 17.3 Å². The van der Waals surface area contributed by atoms with E-state index in [4.69, 9.17) is 0 Å². The Morgan fingerprint density at radius 2 is 2.21 bits per heavy atom. The minimum Gasteiger partial charge on any atom is -0.298 e. The minimum atomic E-state index is -0.218. The van der Waals surface area contributed by atoms with Crippen LogP contribution in [-0.4, -0.2) is 12.0 Å². The second-order valence-electron chi connectivity index (χ2n) is 2.90. The van der Waals surface area contributed by atoms with Crippen LogP contribution in [0.3, 0.4) is 0 Å². The molecule has 0 bridgehead atoms. The molecular formula is C10H11BrOS2. The van der Waals surface area contributed by atoms with Gasteiger partial charge in [0.05, 0.1) is 4.83 Å². The molecule has 0 saturated heterocycles. The van der Waals surface area contributed by atoms with Crippen LogP contribution in [0.25, 0.3) is 0 Å². The van der Waals surface area contributed by atoms with E-state index in [0.29, 0.717) is 0 Å². The summed E-state index contributed by atoms with van der Waals surface area (Å²) in [6, 6.07) is 5.86. The van der Waals surface area contributed by atoms with Crippen molar-refractivity contribution in [2.75, 3.05) is 6.26 Å². The molecule has 1 rings (SSSR count). The molecule has 0 saturated carbocycles. The zero-order valence-electron chi connectivity index (χ0n) is 7.95. The minimum absolute atomic E-state index is 0.106. The van der Waals surface area contributed by atoms with Gasteiger partial charge in [-0.1, -0.05) is 22.0 Å². The van der Waals surface area contributed by atoms with Crippen molar-refractivity contribution in [3.63, 3.8) is 0 Å². The maximum Gasteiger partial charge on any atom is 0.147 e. The second kappa shape index (κ2) is 5.24. The Balaban J connectivity index is 3.02. The van der Waals surface area contributed by atoms with E-state index in [1.807, 2.05) is 24.5 Å². The van der Waals surface area contributed by atoms with Crippen molar-refractivity contribution in [3.05, 3.63) is 23.8 Å². The first-order chi connectivity index (χ1) is 6.56. The second-order valence-corrected chi connectivity index (χ2v) is 5.15. The Morgan fingerprint density at radius 1 is 1.57 bits per heavy atom. The monoisotopic (exact) mass is 290 g/mol. The number of carbonyl (C=O) groups is 1. The lowest BCUT2D eigenvalue weighted by atomic mass is 10.1. The molecule has 1 unspecified atom stereocenters. The third kappa shape index (κ3) is 2.78. The predicted octanol–water partition coefficient (Wildman–Crippen LogP) is 3.72. The molecule has 1 atom stereocenters. The lowest BCUT2D eigenvalue weighted by Gasteiger charge is -2.08. The molecular weight excluding hydrogens is 280 g/mol. The number of halogens is 1. The Hall–Kier alpha value is 0.0700. The molecule has 76 valence electrons. The number of thioether (sulfide) groups is 1. The molecule has 0 aliphatic heterocycles. The van der Waals surface area contributed by atoms with Gasteiger partial charge in [-0.25, -0.2) is 0 Å². The van der Waals surface area contributed by atoms with Crippen molar-refractivity contribution < 1.29 is 4.79 Å². The average Bonchev–Trinajstić information content (AvgIpc) is 2.16. The molecule has 0 radical (unpaired) electrons. The van der Waals surface area contributed by atoms with Gasteiger partial charge in [0.15, 0.2) is 0 Å². The van der Waals surface area contributed by atoms with Gasteiger partial charge in [0.2, 0.25) is 0 Å². The lowest BCUT2D eigenvalue weighted by Crippen LogP contribution is -2.00. The number of thiol groups is 1. The van der Waals surface area contributed by atoms with E-state index >= 15 is 0 Å². The lowest BCUT2D eigenvalue weighted by molar-refractivity contribution is -0.116. The quantitative estimate of drug-likeness (QED) is 0.519. The fraction of sp³-hybridized carbons (Fsp3) is 0.300. The van der Waals surface area contributed by atoms with Crippen LogP contribution < -0.4 is 0 Å². The highest BCUT2D eigenvalue weighted by atomic mass is 79.9. The van der Waals surface area contributed by atoms with Crippen LogP contribution in [0.4, 0.5) is 0 Å². The molecule has 1 aromatic rings. The Kier molecular flexibility index (Phi) is 4.54. The van der Waals surface area contributed by atoms with E-state index in [9.17, 15) is 4.79 Å². The zero-order chi connectivity index (χ0) is 10.7. The number of benzene rings is 1. The van der Waals surface area contributed by atoms with Crippen LogP contribution in [0.15, 0.2) is 28.0 Å². The standard InChI is InChI=1S/C10H11BrOS2/c1-6(12)10(11)7-3-4-9(14-2)8(13)5-7/h3-5,10,13H,1-2H3. The molecule has 0 fully saturated rings. The van der Waals surface area contributed by atoms with Crippen molar-refractivity contribution >= 4 is 46.1 Å². The molecule has 0 heterocycles. The molecule has 0 spiro atoms. The number of hydrogen-bond acceptors (Lipinski definition) is 3.